The molecule has 0 amide bonds. The second-order valence-corrected chi connectivity index (χ2v) is 5.60. The minimum absolute atomic E-state index is 0.0325. The van der Waals surface area contributed by atoms with Crippen LogP contribution in [0.2, 0.25) is 0 Å². The predicted molar refractivity (Wildman–Crippen MR) is 99.3 cm³/mol. The third-order valence-corrected chi connectivity index (χ3v) is 3.83. The normalized spacial score (nSPS) is 10.4. The van der Waals surface area contributed by atoms with Crippen molar-refractivity contribution in [3.8, 4) is 5.75 Å². The van der Waals surface area contributed by atoms with E-state index >= 15 is 0 Å². The molecule has 0 aliphatic carbocycles. The van der Waals surface area contributed by atoms with Crippen LogP contribution in [-0.2, 0) is 0 Å². The number of aryl methyl sites for hydroxylation is 1. The lowest BCUT2D eigenvalue weighted by Crippen LogP contribution is -2.16. The van der Waals surface area contributed by atoms with Crippen molar-refractivity contribution >= 4 is 28.8 Å². The van der Waals surface area contributed by atoms with E-state index in [4.69, 9.17) is 0 Å². The summed E-state index contributed by atoms with van der Waals surface area (Å²) in [6, 6.07) is 15.8. The maximum Gasteiger partial charge on any atom is 0.333 e. The summed E-state index contributed by atoms with van der Waals surface area (Å²) >= 11 is 0. The number of aromatic hydroxyl groups is 1. The fraction of sp³-hybridized carbons (Fsp3) is 0.111. The Hall–Kier alpha value is -3.68. The molecule has 0 fully saturated rings. The summed E-state index contributed by atoms with van der Waals surface area (Å²) in [5.74, 6) is 0.351. The SMILES string of the molecule is Cc1nc(Nc2ccccc2O)nc(N(C)c2ccccc2)c1[N+](=O)[O-]. The first kappa shape index (κ1) is 17.2. The molecule has 0 saturated carbocycles. The minimum Gasteiger partial charge on any atom is -0.506 e. The van der Waals surface area contributed by atoms with E-state index in [-0.39, 0.29) is 28.9 Å². The first-order valence-electron chi connectivity index (χ1n) is 7.84. The lowest BCUT2D eigenvalue weighted by atomic mass is 10.2. The summed E-state index contributed by atoms with van der Waals surface area (Å²) in [5, 5.41) is 24.3. The fourth-order valence-corrected chi connectivity index (χ4v) is 2.53. The van der Waals surface area contributed by atoms with Gasteiger partial charge in [-0.25, -0.2) is 4.98 Å². The van der Waals surface area contributed by atoms with Gasteiger partial charge in [0.05, 0.1) is 10.6 Å². The van der Waals surface area contributed by atoms with E-state index in [1.54, 1.807) is 37.1 Å². The zero-order valence-electron chi connectivity index (χ0n) is 14.2. The van der Waals surface area contributed by atoms with E-state index in [1.807, 2.05) is 30.3 Å². The lowest BCUT2D eigenvalue weighted by molar-refractivity contribution is -0.385. The van der Waals surface area contributed by atoms with Crippen molar-refractivity contribution in [3.63, 3.8) is 0 Å². The molecule has 0 radical (unpaired) electrons. The molecule has 3 rings (SSSR count). The number of anilines is 4. The second kappa shape index (κ2) is 7.06. The van der Waals surface area contributed by atoms with Crippen LogP contribution in [0.4, 0.5) is 28.8 Å². The Kier molecular flexibility index (Phi) is 4.66. The first-order valence-corrected chi connectivity index (χ1v) is 7.84. The highest BCUT2D eigenvalue weighted by molar-refractivity contribution is 5.71. The van der Waals surface area contributed by atoms with E-state index in [0.717, 1.165) is 5.69 Å². The number of nitrogens with zero attached hydrogens (tertiary/aromatic N) is 4. The number of para-hydroxylation sites is 3. The van der Waals surface area contributed by atoms with E-state index in [9.17, 15) is 15.2 Å². The highest BCUT2D eigenvalue weighted by Crippen LogP contribution is 2.34. The Bertz CT molecular complexity index is 947. The number of rotatable bonds is 5. The molecule has 0 aliphatic heterocycles. The smallest absolute Gasteiger partial charge is 0.333 e. The van der Waals surface area contributed by atoms with Crippen LogP contribution in [-0.4, -0.2) is 27.0 Å². The van der Waals surface area contributed by atoms with Crippen molar-refractivity contribution in [2.24, 2.45) is 0 Å². The molecule has 1 aromatic heterocycles. The van der Waals surface area contributed by atoms with Crippen molar-refractivity contribution in [2.75, 3.05) is 17.3 Å². The molecule has 2 aromatic carbocycles. The highest BCUT2D eigenvalue weighted by Gasteiger charge is 2.25. The maximum atomic E-state index is 11.5. The molecule has 0 aliphatic rings. The van der Waals surface area contributed by atoms with Gasteiger partial charge in [-0.1, -0.05) is 30.3 Å². The number of nitrogens with one attached hydrogen (secondary N) is 1. The van der Waals surface area contributed by atoms with E-state index in [2.05, 4.69) is 15.3 Å². The molecule has 0 spiro atoms. The molecule has 3 aromatic rings. The van der Waals surface area contributed by atoms with Crippen LogP contribution in [0.1, 0.15) is 5.69 Å². The molecule has 132 valence electrons. The zero-order chi connectivity index (χ0) is 18.7. The van der Waals surface area contributed by atoms with E-state index in [1.165, 1.54) is 6.07 Å². The monoisotopic (exact) mass is 351 g/mol. The van der Waals surface area contributed by atoms with E-state index in [0.29, 0.717) is 5.69 Å². The number of aromatic nitrogens is 2. The van der Waals surface area contributed by atoms with Crippen LogP contribution >= 0.6 is 0 Å². The highest BCUT2D eigenvalue weighted by atomic mass is 16.6. The molecule has 0 saturated heterocycles. The van der Waals surface area contributed by atoms with Gasteiger partial charge >= 0.3 is 5.69 Å². The Labute approximate surface area is 149 Å². The Morgan fingerprint density at radius 3 is 2.38 bits per heavy atom. The molecule has 26 heavy (non-hydrogen) atoms. The number of phenols is 1. The fourth-order valence-electron chi connectivity index (χ4n) is 2.53. The number of phenolic OH excluding ortho intramolecular Hbond substituents is 1. The molecule has 1 heterocycles. The minimum atomic E-state index is -0.492. The topological polar surface area (TPSA) is 104 Å². The summed E-state index contributed by atoms with van der Waals surface area (Å²) in [6.45, 7) is 1.55. The Morgan fingerprint density at radius 1 is 1.08 bits per heavy atom. The summed E-state index contributed by atoms with van der Waals surface area (Å²) in [6.07, 6.45) is 0. The van der Waals surface area contributed by atoms with Gasteiger partial charge in [0.1, 0.15) is 11.4 Å². The Morgan fingerprint density at radius 2 is 1.73 bits per heavy atom. The second-order valence-electron chi connectivity index (χ2n) is 5.60. The molecular weight excluding hydrogens is 334 g/mol. The lowest BCUT2D eigenvalue weighted by Gasteiger charge is -2.19. The number of hydrogen-bond donors (Lipinski definition) is 2. The summed E-state index contributed by atoms with van der Waals surface area (Å²) in [7, 11) is 1.70. The van der Waals surface area contributed by atoms with Gasteiger partial charge in [0, 0.05) is 12.7 Å². The molecule has 0 atom stereocenters. The van der Waals surface area contributed by atoms with E-state index < -0.39 is 4.92 Å². The van der Waals surface area contributed by atoms with Gasteiger partial charge < -0.3 is 15.3 Å². The van der Waals surface area contributed by atoms with Crippen molar-refractivity contribution in [2.45, 2.75) is 6.92 Å². The van der Waals surface area contributed by atoms with Gasteiger partial charge in [-0.3, -0.25) is 10.1 Å². The number of hydrogen-bond acceptors (Lipinski definition) is 7. The molecule has 8 heteroatoms. The van der Waals surface area contributed by atoms with Crippen LogP contribution in [0.3, 0.4) is 0 Å². The van der Waals surface area contributed by atoms with Gasteiger partial charge in [0.15, 0.2) is 0 Å². The molecular formula is C18H17N5O3. The number of benzene rings is 2. The third kappa shape index (κ3) is 3.39. The maximum absolute atomic E-state index is 11.5. The van der Waals surface area contributed by atoms with Crippen LogP contribution in [0.25, 0.3) is 0 Å². The van der Waals surface area contributed by atoms with Crippen molar-refractivity contribution in [1.82, 2.24) is 9.97 Å². The van der Waals surface area contributed by atoms with Gasteiger partial charge in [0.25, 0.3) is 0 Å². The van der Waals surface area contributed by atoms with Gasteiger partial charge in [-0.05, 0) is 31.2 Å². The van der Waals surface area contributed by atoms with Crippen LogP contribution in [0, 0.1) is 17.0 Å². The summed E-state index contributed by atoms with van der Waals surface area (Å²) in [5.41, 5.74) is 1.22. The molecule has 2 N–H and O–H groups in total. The number of nitro groups is 1. The van der Waals surface area contributed by atoms with Crippen molar-refractivity contribution in [3.05, 3.63) is 70.4 Å². The molecule has 0 bridgehead atoms. The van der Waals surface area contributed by atoms with Crippen molar-refractivity contribution in [1.29, 1.82) is 0 Å². The van der Waals surface area contributed by atoms with Crippen molar-refractivity contribution < 1.29 is 10.0 Å². The molecule has 8 nitrogen and oxygen atoms in total. The predicted octanol–water partition coefficient (Wildman–Crippen LogP) is 3.91. The summed E-state index contributed by atoms with van der Waals surface area (Å²) < 4.78 is 0. The summed E-state index contributed by atoms with van der Waals surface area (Å²) in [4.78, 5) is 21.2. The first-order chi connectivity index (χ1) is 12.5. The van der Waals surface area contributed by atoms with Crippen LogP contribution in [0.15, 0.2) is 54.6 Å². The average molecular weight is 351 g/mol. The van der Waals surface area contributed by atoms with Crippen LogP contribution < -0.4 is 10.2 Å². The van der Waals surface area contributed by atoms with Gasteiger partial charge in [-0.15, -0.1) is 0 Å². The average Bonchev–Trinajstić information content (AvgIpc) is 2.63. The largest absolute Gasteiger partial charge is 0.506 e. The molecule has 0 unspecified atom stereocenters. The van der Waals surface area contributed by atoms with Gasteiger partial charge in [0.2, 0.25) is 11.8 Å². The third-order valence-electron chi connectivity index (χ3n) is 3.83. The zero-order valence-corrected chi connectivity index (χ0v) is 14.2. The van der Waals surface area contributed by atoms with Gasteiger partial charge in [-0.2, -0.15) is 4.98 Å². The van der Waals surface area contributed by atoms with Crippen LogP contribution in [0.5, 0.6) is 5.75 Å². The quantitative estimate of drug-likeness (QED) is 0.408. The standard InChI is InChI=1S/C18H17N5O3/c1-12-16(23(25)26)17(22(2)13-8-4-3-5-9-13)21-18(19-12)20-14-10-6-7-11-15(14)24/h3-11,24H,1-2H3,(H,19,20,21). The Balaban J connectivity index is 2.08.